The Morgan fingerprint density at radius 1 is 1.20 bits per heavy atom. The minimum absolute atomic E-state index is 0.0458. The average molecular weight is 438 g/mol. The molecule has 0 bridgehead atoms. The van der Waals surface area contributed by atoms with Gasteiger partial charge in [-0.25, -0.2) is 10.4 Å². The summed E-state index contributed by atoms with van der Waals surface area (Å²) in [7, 11) is 0. The predicted octanol–water partition coefficient (Wildman–Crippen LogP) is 4.71. The Balaban J connectivity index is 1.33. The van der Waals surface area contributed by atoms with Crippen LogP contribution >= 0.6 is 23.1 Å². The summed E-state index contributed by atoms with van der Waals surface area (Å²) in [5, 5.41) is 15.0. The van der Waals surface area contributed by atoms with Crippen molar-refractivity contribution in [2.45, 2.75) is 4.34 Å². The van der Waals surface area contributed by atoms with Gasteiger partial charge in [-0.15, -0.1) is 11.3 Å². The Hall–Kier alpha value is -3.50. The molecule has 0 aliphatic carbocycles. The third-order valence-corrected chi connectivity index (χ3v) is 6.15. The van der Waals surface area contributed by atoms with E-state index in [1.54, 1.807) is 30.3 Å². The van der Waals surface area contributed by atoms with Crippen LogP contribution in [0.5, 0.6) is 0 Å². The standard InChI is InChI=1S/C20H14N4O4S2/c25-19(12-29-20-22-15-6-2-4-8-18(15)30-20)23-21-11-13-9-10-17(28-13)14-5-1-3-7-16(14)24(26)27/h1-11H,12H2,(H,23,25). The minimum atomic E-state index is -0.463. The molecule has 2 aromatic carbocycles. The molecule has 2 heterocycles. The number of hydrogen-bond acceptors (Lipinski definition) is 8. The number of benzene rings is 2. The lowest BCUT2D eigenvalue weighted by molar-refractivity contribution is -0.384. The largest absolute Gasteiger partial charge is 0.455 e. The van der Waals surface area contributed by atoms with E-state index in [-0.39, 0.29) is 17.3 Å². The molecular weight excluding hydrogens is 424 g/mol. The number of nitro groups is 1. The monoisotopic (exact) mass is 438 g/mol. The van der Waals surface area contributed by atoms with E-state index in [9.17, 15) is 14.9 Å². The Morgan fingerprint density at radius 2 is 2.00 bits per heavy atom. The maximum Gasteiger partial charge on any atom is 0.280 e. The van der Waals surface area contributed by atoms with Crippen molar-refractivity contribution in [3.8, 4) is 11.3 Å². The number of aromatic nitrogens is 1. The fraction of sp³-hybridized carbons (Fsp3) is 0.0500. The molecule has 0 atom stereocenters. The highest BCUT2D eigenvalue weighted by Gasteiger charge is 2.16. The van der Waals surface area contributed by atoms with Gasteiger partial charge in [0.1, 0.15) is 11.5 Å². The lowest BCUT2D eigenvalue weighted by Gasteiger charge is -1.98. The topological polar surface area (TPSA) is 111 Å². The van der Waals surface area contributed by atoms with Crippen LogP contribution in [0.1, 0.15) is 5.76 Å². The third-order valence-electron chi connectivity index (χ3n) is 3.98. The van der Waals surface area contributed by atoms with Crippen molar-refractivity contribution in [1.82, 2.24) is 10.4 Å². The van der Waals surface area contributed by atoms with Gasteiger partial charge in [0.2, 0.25) is 0 Å². The van der Waals surface area contributed by atoms with E-state index in [4.69, 9.17) is 4.42 Å². The number of nitrogens with one attached hydrogen (secondary N) is 1. The van der Waals surface area contributed by atoms with Crippen molar-refractivity contribution in [1.29, 1.82) is 0 Å². The van der Waals surface area contributed by atoms with Crippen LogP contribution in [0.25, 0.3) is 21.5 Å². The van der Waals surface area contributed by atoms with Gasteiger partial charge >= 0.3 is 0 Å². The van der Waals surface area contributed by atoms with Crippen molar-refractivity contribution in [3.63, 3.8) is 0 Å². The molecule has 0 spiro atoms. The number of rotatable bonds is 7. The number of hydrazone groups is 1. The van der Waals surface area contributed by atoms with Crippen molar-refractivity contribution < 1.29 is 14.1 Å². The quantitative estimate of drug-likeness (QED) is 0.194. The van der Waals surface area contributed by atoms with Crippen LogP contribution in [0.4, 0.5) is 5.69 Å². The number of amides is 1. The number of furan rings is 1. The number of fused-ring (bicyclic) bond motifs is 1. The van der Waals surface area contributed by atoms with Gasteiger partial charge in [0, 0.05) is 6.07 Å². The summed E-state index contributed by atoms with van der Waals surface area (Å²) in [6.07, 6.45) is 1.35. The molecule has 0 saturated heterocycles. The summed E-state index contributed by atoms with van der Waals surface area (Å²) < 4.78 is 7.48. The summed E-state index contributed by atoms with van der Waals surface area (Å²) in [5.41, 5.74) is 3.67. The summed E-state index contributed by atoms with van der Waals surface area (Å²) in [6.45, 7) is 0. The molecular formula is C20H14N4O4S2. The van der Waals surface area contributed by atoms with Crippen LogP contribution in [0.2, 0.25) is 0 Å². The highest BCUT2D eigenvalue weighted by molar-refractivity contribution is 8.01. The fourth-order valence-corrected chi connectivity index (χ4v) is 4.51. The summed E-state index contributed by atoms with van der Waals surface area (Å²) >= 11 is 2.87. The van der Waals surface area contributed by atoms with Gasteiger partial charge < -0.3 is 4.42 Å². The van der Waals surface area contributed by atoms with E-state index in [1.165, 1.54) is 35.4 Å². The molecule has 150 valence electrons. The molecule has 0 fully saturated rings. The number of para-hydroxylation sites is 2. The van der Waals surface area contributed by atoms with Gasteiger partial charge in [-0.05, 0) is 30.3 Å². The summed E-state index contributed by atoms with van der Waals surface area (Å²) in [6, 6.07) is 17.3. The number of carbonyl (C=O) groups excluding carboxylic acids is 1. The van der Waals surface area contributed by atoms with Crippen LogP contribution < -0.4 is 5.43 Å². The molecule has 10 heteroatoms. The first kappa shape index (κ1) is 19.8. The number of carbonyl (C=O) groups is 1. The molecule has 4 aromatic rings. The van der Waals surface area contributed by atoms with Crippen LogP contribution in [-0.4, -0.2) is 27.8 Å². The number of thiazole rings is 1. The van der Waals surface area contributed by atoms with Gasteiger partial charge in [-0.3, -0.25) is 14.9 Å². The molecule has 8 nitrogen and oxygen atoms in total. The molecule has 2 aromatic heterocycles. The molecule has 1 N–H and O–H groups in total. The Bertz CT molecular complexity index is 1220. The van der Waals surface area contributed by atoms with Gasteiger partial charge in [-0.1, -0.05) is 36.0 Å². The first-order valence-corrected chi connectivity index (χ1v) is 10.5. The smallest absolute Gasteiger partial charge is 0.280 e. The Morgan fingerprint density at radius 3 is 2.83 bits per heavy atom. The number of nitro benzene ring substituents is 1. The predicted molar refractivity (Wildman–Crippen MR) is 117 cm³/mol. The van der Waals surface area contributed by atoms with Crippen molar-refractivity contribution in [3.05, 3.63) is 76.5 Å². The van der Waals surface area contributed by atoms with E-state index in [2.05, 4.69) is 15.5 Å². The van der Waals surface area contributed by atoms with E-state index in [1.807, 2.05) is 24.3 Å². The average Bonchev–Trinajstić information content (AvgIpc) is 3.39. The van der Waals surface area contributed by atoms with E-state index >= 15 is 0 Å². The van der Waals surface area contributed by atoms with E-state index in [0.717, 1.165) is 14.6 Å². The molecule has 30 heavy (non-hydrogen) atoms. The SMILES string of the molecule is O=C(CSc1nc2ccccc2s1)NN=Cc1ccc(-c2ccccc2[N+](=O)[O-])o1. The summed E-state index contributed by atoms with van der Waals surface area (Å²) in [5.74, 6) is 0.612. The minimum Gasteiger partial charge on any atom is -0.455 e. The molecule has 4 rings (SSSR count). The zero-order valence-electron chi connectivity index (χ0n) is 15.3. The van der Waals surface area contributed by atoms with Crippen LogP contribution in [-0.2, 0) is 4.79 Å². The molecule has 0 radical (unpaired) electrons. The van der Waals surface area contributed by atoms with Gasteiger partial charge in [0.25, 0.3) is 11.6 Å². The zero-order valence-corrected chi connectivity index (χ0v) is 17.0. The molecule has 0 unspecified atom stereocenters. The van der Waals surface area contributed by atoms with Crippen LogP contribution in [0.15, 0.2) is 74.5 Å². The Kier molecular flexibility index (Phi) is 5.87. The Labute approximate surface area is 178 Å². The number of nitrogens with zero attached hydrogens (tertiary/aromatic N) is 3. The first-order chi connectivity index (χ1) is 14.6. The second-order valence-corrected chi connectivity index (χ2v) is 8.26. The second kappa shape index (κ2) is 8.89. The normalized spacial score (nSPS) is 11.2. The van der Waals surface area contributed by atoms with Crippen LogP contribution in [0, 0.1) is 10.1 Å². The van der Waals surface area contributed by atoms with E-state index < -0.39 is 4.92 Å². The first-order valence-electron chi connectivity index (χ1n) is 8.74. The maximum atomic E-state index is 12.0. The lowest BCUT2D eigenvalue weighted by atomic mass is 10.1. The lowest BCUT2D eigenvalue weighted by Crippen LogP contribution is -2.19. The highest BCUT2D eigenvalue weighted by atomic mass is 32.2. The maximum absolute atomic E-state index is 12.0. The third kappa shape index (κ3) is 4.56. The molecule has 0 aliphatic heterocycles. The molecule has 0 saturated carbocycles. The van der Waals surface area contributed by atoms with Gasteiger partial charge in [0.05, 0.1) is 32.7 Å². The molecule has 1 amide bonds. The van der Waals surface area contributed by atoms with Gasteiger partial charge in [-0.2, -0.15) is 5.10 Å². The van der Waals surface area contributed by atoms with E-state index in [0.29, 0.717) is 17.1 Å². The zero-order chi connectivity index (χ0) is 20.9. The second-order valence-electron chi connectivity index (χ2n) is 6.01. The summed E-state index contributed by atoms with van der Waals surface area (Å²) in [4.78, 5) is 27.1. The highest BCUT2D eigenvalue weighted by Crippen LogP contribution is 2.31. The van der Waals surface area contributed by atoms with Crippen LogP contribution in [0.3, 0.4) is 0 Å². The molecule has 0 aliphatic rings. The van der Waals surface area contributed by atoms with Crippen molar-refractivity contribution in [2.24, 2.45) is 5.10 Å². The van der Waals surface area contributed by atoms with Gasteiger partial charge in [0.15, 0.2) is 4.34 Å². The van der Waals surface area contributed by atoms with Crippen molar-refractivity contribution >= 4 is 51.1 Å². The van der Waals surface area contributed by atoms with Crippen molar-refractivity contribution in [2.75, 3.05) is 5.75 Å². The number of thioether (sulfide) groups is 1. The number of hydrogen-bond donors (Lipinski definition) is 1. The fourth-order valence-electron chi connectivity index (χ4n) is 2.65.